The fraction of sp³-hybridized carbons (Fsp3) is 0.265. The molecule has 0 saturated heterocycles. The standard InChI is InChI=1S/C33H35N5O4.CH4/c1-33(2,34)32(39)35-29(21-42-20-22-10-6-5-7-11-22)31-37-36-30-28(24-13-9-15-27(17-24)41-4)18-25(19-38(30)31)23-12-8-14-26(16-23)40-3;/h5-19,29H,20-21,34H2,1-4H3,(H,35,39);1H4/t29-;/m1./s1. The third kappa shape index (κ3) is 7.20. The molecular formula is C34H39N5O4. The molecule has 43 heavy (non-hydrogen) atoms. The number of nitrogens with one attached hydrogen (secondary N) is 1. The summed E-state index contributed by atoms with van der Waals surface area (Å²) in [5.41, 5.74) is 10.3. The molecule has 0 unspecified atom stereocenters. The van der Waals surface area contributed by atoms with Gasteiger partial charge in [0.15, 0.2) is 11.5 Å². The highest BCUT2D eigenvalue weighted by Gasteiger charge is 2.29. The van der Waals surface area contributed by atoms with Gasteiger partial charge in [-0.1, -0.05) is 62.0 Å². The van der Waals surface area contributed by atoms with Crippen LogP contribution in [0.5, 0.6) is 11.5 Å². The average Bonchev–Trinajstić information content (AvgIpc) is 3.44. The van der Waals surface area contributed by atoms with Crippen LogP contribution in [0.2, 0.25) is 0 Å². The number of nitrogens with two attached hydrogens (primary N) is 1. The van der Waals surface area contributed by atoms with Gasteiger partial charge in [-0.25, -0.2) is 0 Å². The number of fused-ring (bicyclic) bond motifs is 1. The Labute approximate surface area is 252 Å². The van der Waals surface area contributed by atoms with Gasteiger partial charge in [0.2, 0.25) is 5.91 Å². The number of carbonyl (C=O) groups is 1. The number of carbonyl (C=O) groups excluding carboxylic acids is 1. The predicted octanol–water partition coefficient (Wildman–Crippen LogP) is 5.83. The Bertz CT molecular complexity index is 1680. The lowest BCUT2D eigenvalue weighted by atomic mass is 10.0. The summed E-state index contributed by atoms with van der Waals surface area (Å²) in [7, 11) is 3.28. The molecule has 3 N–H and O–H groups in total. The second kappa shape index (κ2) is 13.5. The molecule has 0 aliphatic carbocycles. The maximum absolute atomic E-state index is 13.1. The number of hydrogen-bond acceptors (Lipinski definition) is 7. The number of pyridine rings is 1. The van der Waals surface area contributed by atoms with E-state index in [4.69, 9.17) is 19.9 Å². The van der Waals surface area contributed by atoms with Gasteiger partial charge in [-0.2, -0.15) is 0 Å². The van der Waals surface area contributed by atoms with Gasteiger partial charge in [0, 0.05) is 11.8 Å². The minimum atomic E-state index is -1.10. The van der Waals surface area contributed by atoms with Gasteiger partial charge >= 0.3 is 0 Å². The van der Waals surface area contributed by atoms with E-state index in [0.29, 0.717) is 18.1 Å². The number of nitrogens with zero attached hydrogens (tertiary/aromatic N) is 3. The quantitative estimate of drug-likeness (QED) is 0.202. The van der Waals surface area contributed by atoms with Crippen molar-refractivity contribution in [3.63, 3.8) is 0 Å². The smallest absolute Gasteiger partial charge is 0.240 e. The van der Waals surface area contributed by atoms with Gasteiger partial charge in [-0.15, -0.1) is 10.2 Å². The van der Waals surface area contributed by atoms with Crippen LogP contribution in [-0.2, 0) is 16.1 Å². The first-order valence-corrected chi connectivity index (χ1v) is 13.7. The number of aromatic nitrogens is 3. The minimum absolute atomic E-state index is 0. The van der Waals surface area contributed by atoms with Crippen LogP contribution in [-0.4, -0.2) is 46.9 Å². The Morgan fingerprint density at radius 1 is 0.884 bits per heavy atom. The van der Waals surface area contributed by atoms with Crippen molar-refractivity contribution in [3.05, 3.63) is 103 Å². The van der Waals surface area contributed by atoms with Crippen LogP contribution in [0.25, 0.3) is 27.9 Å². The maximum Gasteiger partial charge on any atom is 0.240 e. The minimum Gasteiger partial charge on any atom is -0.497 e. The largest absolute Gasteiger partial charge is 0.497 e. The summed E-state index contributed by atoms with van der Waals surface area (Å²) in [6, 6.07) is 26.9. The van der Waals surface area contributed by atoms with Crippen LogP contribution in [0.1, 0.15) is 38.7 Å². The van der Waals surface area contributed by atoms with Crippen molar-refractivity contribution in [1.82, 2.24) is 19.9 Å². The summed E-state index contributed by atoms with van der Waals surface area (Å²) < 4.78 is 19.0. The summed E-state index contributed by atoms with van der Waals surface area (Å²) in [6.45, 7) is 3.86. The van der Waals surface area contributed by atoms with Gasteiger partial charge < -0.3 is 25.3 Å². The lowest BCUT2D eigenvalue weighted by Crippen LogP contribution is -2.50. The number of rotatable bonds is 11. The maximum atomic E-state index is 13.1. The first kappa shape index (κ1) is 31.2. The molecule has 1 atom stereocenters. The molecule has 5 rings (SSSR count). The van der Waals surface area contributed by atoms with E-state index in [1.807, 2.05) is 89.5 Å². The lowest BCUT2D eigenvalue weighted by molar-refractivity contribution is -0.126. The van der Waals surface area contributed by atoms with Gasteiger partial charge in [-0.05, 0) is 66.4 Å². The highest BCUT2D eigenvalue weighted by atomic mass is 16.5. The van der Waals surface area contributed by atoms with Crippen molar-refractivity contribution in [2.75, 3.05) is 20.8 Å². The van der Waals surface area contributed by atoms with E-state index in [-0.39, 0.29) is 19.9 Å². The van der Waals surface area contributed by atoms with Crippen LogP contribution < -0.4 is 20.5 Å². The second-order valence-electron chi connectivity index (χ2n) is 10.6. The first-order valence-electron chi connectivity index (χ1n) is 13.7. The molecule has 0 aliphatic heterocycles. The van der Waals surface area contributed by atoms with Gasteiger partial charge in [0.1, 0.15) is 17.5 Å². The highest BCUT2D eigenvalue weighted by molar-refractivity contribution is 5.86. The molecule has 0 fully saturated rings. The molecule has 2 heterocycles. The van der Waals surface area contributed by atoms with Crippen LogP contribution in [0.4, 0.5) is 0 Å². The van der Waals surface area contributed by atoms with Crippen molar-refractivity contribution >= 4 is 11.6 Å². The molecule has 1 amide bonds. The monoisotopic (exact) mass is 581 g/mol. The van der Waals surface area contributed by atoms with Crippen molar-refractivity contribution in [1.29, 1.82) is 0 Å². The Kier molecular flexibility index (Phi) is 9.80. The number of hydrogen-bond donors (Lipinski definition) is 2. The molecule has 224 valence electrons. The fourth-order valence-corrected chi connectivity index (χ4v) is 4.61. The molecule has 5 aromatic rings. The van der Waals surface area contributed by atoms with E-state index in [9.17, 15) is 4.79 Å². The number of ether oxygens (including phenoxy) is 3. The van der Waals surface area contributed by atoms with Crippen LogP contribution in [0, 0.1) is 0 Å². The third-order valence-corrected chi connectivity index (χ3v) is 6.91. The van der Waals surface area contributed by atoms with Crippen molar-refractivity contribution in [2.24, 2.45) is 5.73 Å². The molecule has 0 radical (unpaired) electrons. The second-order valence-corrected chi connectivity index (χ2v) is 10.6. The van der Waals surface area contributed by atoms with Crippen molar-refractivity contribution in [2.45, 2.75) is 39.5 Å². The van der Waals surface area contributed by atoms with E-state index in [1.54, 1.807) is 28.1 Å². The highest BCUT2D eigenvalue weighted by Crippen LogP contribution is 2.33. The first-order chi connectivity index (χ1) is 20.3. The van der Waals surface area contributed by atoms with E-state index < -0.39 is 11.6 Å². The summed E-state index contributed by atoms with van der Waals surface area (Å²) >= 11 is 0. The summed E-state index contributed by atoms with van der Waals surface area (Å²) in [5.74, 6) is 1.65. The number of methoxy groups -OCH3 is 2. The van der Waals surface area contributed by atoms with E-state index in [2.05, 4.69) is 21.6 Å². The summed E-state index contributed by atoms with van der Waals surface area (Å²) in [4.78, 5) is 13.1. The Morgan fingerprint density at radius 2 is 1.53 bits per heavy atom. The van der Waals surface area contributed by atoms with Crippen LogP contribution in [0.3, 0.4) is 0 Å². The Morgan fingerprint density at radius 3 is 2.19 bits per heavy atom. The molecule has 9 nitrogen and oxygen atoms in total. The molecule has 2 aromatic heterocycles. The van der Waals surface area contributed by atoms with Crippen molar-refractivity contribution < 1.29 is 19.0 Å². The fourth-order valence-electron chi connectivity index (χ4n) is 4.61. The van der Waals surface area contributed by atoms with Crippen molar-refractivity contribution in [3.8, 4) is 33.8 Å². The SMILES string of the molecule is C.COc1cccc(-c2cc(-c3cccc(OC)c3)c3nnc([C@@H](COCc4ccccc4)NC(=O)C(C)(C)N)n3c2)c1. The number of amides is 1. The zero-order valence-corrected chi connectivity index (χ0v) is 24.2. The molecule has 3 aromatic carbocycles. The molecule has 0 bridgehead atoms. The Hall–Kier alpha value is -4.73. The summed E-state index contributed by atoms with van der Waals surface area (Å²) in [6.07, 6.45) is 1.97. The van der Waals surface area contributed by atoms with E-state index in [1.165, 1.54) is 0 Å². The average molecular weight is 582 g/mol. The molecule has 0 aliphatic rings. The van der Waals surface area contributed by atoms with Crippen LogP contribution in [0.15, 0.2) is 91.1 Å². The molecular weight excluding hydrogens is 542 g/mol. The third-order valence-electron chi connectivity index (χ3n) is 6.91. The van der Waals surface area contributed by atoms with Gasteiger partial charge in [0.05, 0.1) is 33.0 Å². The predicted molar refractivity (Wildman–Crippen MR) is 169 cm³/mol. The normalized spacial score (nSPS) is 11.9. The lowest BCUT2D eigenvalue weighted by Gasteiger charge is -2.23. The van der Waals surface area contributed by atoms with Crippen LogP contribution >= 0.6 is 0 Å². The molecule has 0 spiro atoms. The number of benzene rings is 3. The molecule has 0 saturated carbocycles. The topological polar surface area (TPSA) is 113 Å². The van der Waals surface area contributed by atoms with Gasteiger partial charge in [0.25, 0.3) is 0 Å². The summed E-state index contributed by atoms with van der Waals surface area (Å²) in [5, 5.41) is 12.2. The van der Waals surface area contributed by atoms with E-state index >= 15 is 0 Å². The molecule has 9 heteroatoms. The van der Waals surface area contributed by atoms with E-state index in [0.717, 1.165) is 39.3 Å². The van der Waals surface area contributed by atoms with Gasteiger partial charge in [-0.3, -0.25) is 9.20 Å². The Balaban J connectivity index is 0.00000423. The zero-order chi connectivity index (χ0) is 29.7. The zero-order valence-electron chi connectivity index (χ0n) is 24.2.